The van der Waals surface area contributed by atoms with E-state index in [1.165, 1.54) is 47.0 Å². The topological polar surface area (TPSA) is 92.8 Å². The maximum atomic E-state index is 12.6. The second kappa shape index (κ2) is 8.68. The Hall–Kier alpha value is -1.17. The molecule has 1 N–H and O–H groups in total. The van der Waals surface area contributed by atoms with Crippen molar-refractivity contribution in [2.45, 2.75) is 23.8 Å². The minimum absolute atomic E-state index is 0.0535. The van der Waals surface area contributed by atoms with Crippen LogP contribution in [0.1, 0.15) is 23.8 Å². The van der Waals surface area contributed by atoms with Crippen LogP contribution in [0, 0.1) is 0 Å². The quantitative estimate of drug-likeness (QED) is 0.679. The van der Waals surface area contributed by atoms with Gasteiger partial charge in [-0.2, -0.15) is 0 Å². The van der Waals surface area contributed by atoms with Gasteiger partial charge in [0.05, 0.1) is 20.7 Å². The van der Waals surface area contributed by atoms with E-state index in [4.69, 9.17) is 16.3 Å². The Morgan fingerprint density at radius 3 is 2.50 bits per heavy atom. The van der Waals surface area contributed by atoms with Crippen LogP contribution < -0.4 is 9.03 Å². The third-order valence-corrected chi connectivity index (χ3v) is 9.07. The molecule has 1 aliphatic rings. The van der Waals surface area contributed by atoms with E-state index < -0.39 is 26.2 Å². The summed E-state index contributed by atoms with van der Waals surface area (Å²) in [5.74, 6) is 0.111. The molecule has 0 aliphatic carbocycles. The molecule has 1 saturated heterocycles. The molecule has 2 heterocycles. The van der Waals surface area contributed by atoms with Gasteiger partial charge in [0.2, 0.25) is 20.0 Å². The lowest BCUT2D eigenvalue weighted by Gasteiger charge is -2.28. The molecular weight excluding hydrogens is 444 g/mol. The van der Waals surface area contributed by atoms with Gasteiger partial charge < -0.3 is 4.74 Å². The summed E-state index contributed by atoms with van der Waals surface area (Å²) in [6.07, 6.45) is 0.974. The van der Waals surface area contributed by atoms with Crippen LogP contribution in [0.4, 0.5) is 5.69 Å². The maximum Gasteiger partial charge on any atom is 0.240 e. The number of sulfonamides is 2. The fourth-order valence-electron chi connectivity index (χ4n) is 2.94. The van der Waals surface area contributed by atoms with Crippen molar-refractivity contribution in [2.75, 3.05) is 30.3 Å². The van der Waals surface area contributed by atoms with Gasteiger partial charge in [0, 0.05) is 25.1 Å². The molecule has 0 spiro atoms. The SMILES string of the molecule is COC(CNS(=O)(=O)c1ccc(N2CCCCS2(=O)=O)cc1)c1ccc(Cl)s1. The number of nitrogens with zero attached hydrogens (tertiary/aromatic N) is 1. The van der Waals surface area contributed by atoms with Crippen molar-refractivity contribution in [3.05, 3.63) is 45.6 Å². The van der Waals surface area contributed by atoms with Crippen molar-refractivity contribution in [1.29, 1.82) is 0 Å². The van der Waals surface area contributed by atoms with E-state index in [9.17, 15) is 16.8 Å². The first-order valence-corrected chi connectivity index (χ1v) is 12.9. The number of anilines is 1. The summed E-state index contributed by atoms with van der Waals surface area (Å²) in [6.45, 7) is 0.462. The zero-order valence-electron chi connectivity index (χ0n) is 15.2. The summed E-state index contributed by atoms with van der Waals surface area (Å²) in [6, 6.07) is 9.38. The van der Waals surface area contributed by atoms with Crippen molar-refractivity contribution in [3.63, 3.8) is 0 Å². The van der Waals surface area contributed by atoms with Crippen molar-refractivity contribution >= 4 is 48.7 Å². The van der Waals surface area contributed by atoms with Crippen LogP contribution in [-0.2, 0) is 24.8 Å². The van der Waals surface area contributed by atoms with E-state index in [0.29, 0.717) is 23.0 Å². The normalized spacial score (nSPS) is 18.1. The molecule has 1 atom stereocenters. The van der Waals surface area contributed by atoms with Gasteiger partial charge in [-0.15, -0.1) is 11.3 Å². The lowest BCUT2D eigenvalue weighted by molar-refractivity contribution is 0.110. The Bertz CT molecular complexity index is 1020. The van der Waals surface area contributed by atoms with Crippen LogP contribution in [0.3, 0.4) is 0 Å². The van der Waals surface area contributed by atoms with Gasteiger partial charge in [-0.25, -0.2) is 21.6 Å². The molecule has 0 radical (unpaired) electrons. The van der Waals surface area contributed by atoms with E-state index in [1.54, 1.807) is 12.1 Å². The Balaban J connectivity index is 1.71. The highest BCUT2D eigenvalue weighted by Crippen LogP contribution is 2.29. The molecule has 1 unspecified atom stereocenters. The molecule has 0 bridgehead atoms. The lowest BCUT2D eigenvalue weighted by Crippen LogP contribution is -2.37. The van der Waals surface area contributed by atoms with Crippen molar-refractivity contribution in [2.24, 2.45) is 0 Å². The standard InChI is InChI=1S/C17H21ClN2O5S3/c1-25-15(16-8-9-17(18)26-16)12-19-28(23,24)14-6-4-13(5-7-14)20-10-2-3-11-27(20,21)22/h4-9,15,19H,2-3,10-12H2,1H3. The lowest BCUT2D eigenvalue weighted by atomic mass is 10.3. The largest absolute Gasteiger partial charge is 0.375 e. The first kappa shape index (κ1) is 21.5. The van der Waals surface area contributed by atoms with Crippen molar-refractivity contribution in [1.82, 2.24) is 4.72 Å². The molecule has 0 amide bonds. The molecule has 1 aliphatic heterocycles. The fourth-order valence-corrected chi connectivity index (χ4v) is 6.75. The van der Waals surface area contributed by atoms with Crippen LogP contribution in [0.5, 0.6) is 0 Å². The zero-order chi connectivity index (χ0) is 20.4. The van der Waals surface area contributed by atoms with E-state index >= 15 is 0 Å². The Morgan fingerprint density at radius 2 is 1.93 bits per heavy atom. The van der Waals surface area contributed by atoms with Gasteiger partial charge in [-0.3, -0.25) is 4.31 Å². The summed E-state index contributed by atoms with van der Waals surface area (Å²) in [5, 5.41) is 0. The highest BCUT2D eigenvalue weighted by atomic mass is 35.5. The van der Waals surface area contributed by atoms with E-state index in [-0.39, 0.29) is 17.2 Å². The summed E-state index contributed by atoms with van der Waals surface area (Å²) in [5.41, 5.74) is 0.474. The van der Waals surface area contributed by atoms with Crippen LogP contribution in [0.25, 0.3) is 0 Å². The number of ether oxygens (including phenoxy) is 1. The number of hydrogen-bond donors (Lipinski definition) is 1. The van der Waals surface area contributed by atoms with Crippen LogP contribution in [-0.4, -0.2) is 42.8 Å². The first-order valence-electron chi connectivity index (χ1n) is 8.61. The van der Waals surface area contributed by atoms with E-state index in [0.717, 1.165) is 11.3 Å². The molecule has 154 valence electrons. The van der Waals surface area contributed by atoms with E-state index in [1.807, 2.05) is 0 Å². The summed E-state index contributed by atoms with van der Waals surface area (Å²) in [4.78, 5) is 0.880. The first-order chi connectivity index (χ1) is 13.2. The van der Waals surface area contributed by atoms with Gasteiger partial charge in [0.1, 0.15) is 6.10 Å². The Labute approximate surface area is 174 Å². The minimum atomic E-state index is -3.77. The molecule has 7 nitrogen and oxygen atoms in total. The number of methoxy groups -OCH3 is 1. The third kappa shape index (κ3) is 4.87. The molecule has 3 rings (SSSR count). The second-order valence-corrected chi connectivity index (χ2v) is 11.8. The van der Waals surface area contributed by atoms with Gasteiger partial charge in [-0.1, -0.05) is 11.6 Å². The molecule has 28 heavy (non-hydrogen) atoms. The molecule has 1 aromatic carbocycles. The van der Waals surface area contributed by atoms with Crippen LogP contribution in [0.2, 0.25) is 4.34 Å². The molecule has 11 heteroatoms. The van der Waals surface area contributed by atoms with E-state index in [2.05, 4.69) is 4.72 Å². The van der Waals surface area contributed by atoms with Crippen molar-refractivity contribution in [3.8, 4) is 0 Å². The van der Waals surface area contributed by atoms with Gasteiger partial charge in [0.15, 0.2) is 0 Å². The molecule has 1 aromatic heterocycles. The zero-order valence-corrected chi connectivity index (χ0v) is 18.4. The highest BCUT2D eigenvalue weighted by Gasteiger charge is 2.26. The molecule has 2 aromatic rings. The number of nitrogens with one attached hydrogen (secondary N) is 1. The van der Waals surface area contributed by atoms with Crippen LogP contribution in [0.15, 0.2) is 41.3 Å². The predicted molar refractivity (Wildman–Crippen MR) is 111 cm³/mol. The summed E-state index contributed by atoms with van der Waals surface area (Å²) >= 11 is 7.25. The Morgan fingerprint density at radius 1 is 1.21 bits per heavy atom. The number of hydrogen-bond acceptors (Lipinski definition) is 6. The molecular formula is C17H21ClN2O5S3. The number of thiophene rings is 1. The molecule has 1 fully saturated rings. The van der Waals surface area contributed by atoms with Crippen molar-refractivity contribution < 1.29 is 21.6 Å². The van der Waals surface area contributed by atoms with Gasteiger partial charge >= 0.3 is 0 Å². The highest BCUT2D eigenvalue weighted by molar-refractivity contribution is 7.92. The number of rotatable bonds is 7. The average Bonchev–Trinajstić information content (AvgIpc) is 3.08. The molecule has 0 saturated carbocycles. The minimum Gasteiger partial charge on any atom is -0.375 e. The monoisotopic (exact) mass is 464 g/mol. The third-order valence-electron chi connectivity index (χ3n) is 4.44. The van der Waals surface area contributed by atoms with Gasteiger partial charge in [-0.05, 0) is 49.2 Å². The number of halogens is 1. The Kier molecular flexibility index (Phi) is 6.68. The average molecular weight is 465 g/mol. The number of benzene rings is 1. The second-order valence-electron chi connectivity index (χ2n) is 6.31. The van der Waals surface area contributed by atoms with Crippen LogP contribution >= 0.6 is 22.9 Å². The summed E-state index contributed by atoms with van der Waals surface area (Å²) in [7, 11) is -5.61. The maximum absolute atomic E-state index is 12.6. The fraction of sp³-hybridized carbons (Fsp3) is 0.412. The predicted octanol–water partition coefficient (Wildman–Crippen LogP) is 3.00. The summed E-state index contributed by atoms with van der Waals surface area (Å²) < 4.78 is 59.4. The van der Waals surface area contributed by atoms with Gasteiger partial charge in [0.25, 0.3) is 0 Å². The smallest absolute Gasteiger partial charge is 0.240 e.